The van der Waals surface area contributed by atoms with E-state index in [-0.39, 0.29) is 24.2 Å². The molecule has 3 atom stereocenters. The molecule has 9 heteroatoms. The molecule has 1 fully saturated rings. The molecule has 4 N–H and O–H groups in total. The third-order valence-corrected chi connectivity index (χ3v) is 4.73. The second-order valence-corrected chi connectivity index (χ2v) is 7.82. The molecule has 0 aliphatic carbocycles. The minimum atomic E-state index is -1.12. The first kappa shape index (κ1) is 22.9. The standard InChI is InChI=1S/C18H31N3O6/c1-10(2)8-12(9-14(22)20-27)17(24)21-7-5-6-13(21)16(23)19-15(11(3)4)18(25)26/h10-13,15,27H,5-9H2,1-4H3,(H,19,23)(H,20,22)(H,25,26)/t12?,13?,15-/m0/s1. The quantitative estimate of drug-likeness (QED) is 0.342. The maximum Gasteiger partial charge on any atom is 0.326 e. The molecule has 0 aromatic rings. The number of aliphatic carboxylic acids is 1. The molecule has 0 spiro atoms. The van der Waals surface area contributed by atoms with Crippen LogP contribution in [0.25, 0.3) is 0 Å². The van der Waals surface area contributed by atoms with E-state index < -0.39 is 35.8 Å². The molecule has 27 heavy (non-hydrogen) atoms. The number of carbonyl (C=O) groups excluding carboxylic acids is 3. The van der Waals surface area contributed by atoms with Gasteiger partial charge in [-0.3, -0.25) is 19.6 Å². The monoisotopic (exact) mass is 385 g/mol. The van der Waals surface area contributed by atoms with Gasteiger partial charge in [0, 0.05) is 18.9 Å². The zero-order chi connectivity index (χ0) is 20.7. The van der Waals surface area contributed by atoms with E-state index in [1.807, 2.05) is 13.8 Å². The normalized spacial score (nSPS) is 19.1. The van der Waals surface area contributed by atoms with E-state index in [1.165, 1.54) is 4.90 Å². The Bertz CT molecular complexity index is 563. The van der Waals surface area contributed by atoms with Gasteiger partial charge < -0.3 is 15.3 Å². The average Bonchev–Trinajstić information content (AvgIpc) is 3.06. The van der Waals surface area contributed by atoms with E-state index in [4.69, 9.17) is 5.21 Å². The fourth-order valence-corrected chi connectivity index (χ4v) is 3.41. The van der Waals surface area contributed by atoms with Crippen LogP contribution in [0.15, 0.2) is 0 Å². The number of hydrogen-bond donors (Lipinski definition) is 4. The zero-order valence-electron chi connectivity index (χ0n) is 16.4. The summed E-state index contributed by atoms with van der Waals surface area (Å²) in [6.45, 7) is 7.62. The van der Waals surface area contributed by atoms with Crippen LogP contribution in [-0.2, 0) is 19.2 Å². The van der Waals surface area contributed by atoms with Crippen molar-refractivity contribution in [3.05, 3.63) is 0 Å². The fraction of sp³-hybridized carbons (Fsp3) is 0.778. The Kier molecular flexibility index (Phi) is 8.68. The Morgan fingerprint density at radius 2 is 1.78 bits per heavy atom. The number of nitrogens with zero attached hydrogens (tertiary/aromatic N) is 1. The number of rotatable bonds is 9. The second-order valence-electron chi connectivity index (χ2n) is 7.82. The zero-order valence-corrected chi connectivity index (χ0v) is 16.4. The number of amides is 3. The van der Waals surface area contributed by atoms with E-state index in [9.17, 15) is 24.3 Å². The van der Waals surface area contributed by atoms with E-state index in [0.717, 1.165) is 0 Å². The summed E-state index contributed by atoms with van der Waals surface area (Å²) in [6.07, 6.45) is 1.36. The maximum atomic E-state index is 13.0. The number of likely N-dealkylation sites (tertiary alicyclic amines) is 1. The summed E-state index contributed by atoms with van der Waals surface area (Å²) < 4.78 is 0. The van der Waals surface area contributed by atoms with Crippen molar-refractivity contribution >= 4 is 23.7 Å². The molecule has 1 aliphatic heterocycles. The van der Waals surface area contributed by atoms with Crippen LogP contribution in [0.2, 0.25) is 0 Å². The molecule has 0 bridgehead atoms. The van der Waals surface area contributed by atoms with Gasteiger partial charge >= 0.3 is 5.97 Å². The highest BCUT2D eigenvalue weighted by Crippen LogP contribution is 2.25. The molecule has 0 saturated carbocycles. The van der Waals surface area contributed by atoms with E-state index >= 15 is 0 Å². The number of carbonyl (C=O) groups is 4. The molecule has 1 saturated heterocycles. The Balaban J connectivity index is 2.91. The van der Waals surface area contributed by atoms with Crippen molar-refractivity contribution in [3.63, 3.8) is 0 Å². The van der Waals surface area contributed by atoms with Crippen LogP contribution in [0, 0.1) is 17.8 Å². The van der Waals surface area contributed by atoms with Crippen molar-refractivity contribution in [2.75, 3.05) is 6.54 Å². The molecule has 1 aliphatic rings. The van der Waals surface area contributed by atoms with Gasteiger partial charge in [-0.15, -0.1) is 0 Å². The van der Waals surface area contributed by atoms with Gasteiger partial charge in [-0.25, -0.2) is 10.3 Å². The summed E-state index contributed by atoms with van der Waals surface area (Å²) in [5.74, 6) is -3.37. The highest BCUT2D eigenvalue weighted by atomic mass is 16.5. The molecule has 2 unspecified atom stereocenters. The molecule has 0 aromatic heterocycles. The SMILES string of the molecule is CC(C)CC(CC(=O)NO)C(=O)N1CCCC1C(=O)N[C@H](C(=O)O)C(C)C. The highest BCUT2D eigenvalue weighted by Gasteiger charge is 2.39. The van der Waals surface area contributed by atoms with Gasteiger partial charge in [-0.05, 0) is 31.1 Å². The predicted octanol–water partition coefficient (Wildman–Crippen LogP) is 0.761. The molecular weight excluding hydrogens is 354 g/mol. The van der Waals surface area contributed by atoms with Crippen molar-refractivity contribution in [2.45, 2.75) is 65.5 Å². The molecule has 9 nitrogen and oxygen atoms in total. The number of carboxylic acid groups (broad SMARTS) is 1. The summed E-state index contributed by atoms with van der Waals surface area (Å²) in [5, 5.41) is 20.5. The lowest BCUT2D eigenvalue weighted by atomic mass is 9.92. The second kappa shape index (κ2) is 10.2. The predicted molar refractivity (Wildman–Crippen MR) is 96.6 cm³/mol. The number of hydrogen-bond acceptors (Lipinski definition) is 5. The van der Waals surface area contributed by atoms with Gasteiger partial charge in [0.1, 0.15) is 12.1 Å². The molecule has 1 rings (SSSR count). The number of hydroxylamine groups is 1. The lowest BCUT2D eigenvalue weighted by molar-refractivity contribution is -0.147. The largest absolute Gasteiger partial charge is 0.480 e. The minimum absolute atomic E-state index is 0.151. The van der Waals surface area contributed by atoms with Crippen molar-refractivity contribution in [2.24, 2.45) is 17.8 Å². The van der Waals surface area contributed by atoms with Gasteiger partial charge in [-0.2, -0.15) is 0 Å². The minimum Gasteiger partial charge on any atom is -0.480 e. The van der Waals surface area contributed by atoms with Crippen LogP contribution < -0.4 is 10.8 Å². The van der Waals surface area contributed by atoms with Crippen molar-refractivity contribution in [3.8, 4) is 0 Å². The Morgan fingerprint density at radius 3 is 2.26 bits per heavy atom. The first-order valence-electron chi connectivity index (χ1n) is 9.35. The van der Waals surface area contributed by atoms with Crippen LogP contribution in [-0.4, -0.2) is 57.5 Å². The maximum absolute atomic E-state index is 13.0. The van der Waals surface area contributed by atoms with Gasteiger partial charge in [0.2, 0.25) is 17.7 Å². The van der Waals surface area contributed by atoms with Crippen molar-refractivity contribution in [1.29, 1.82) is 0 Å². The molecule has 1 heterocycles. The van der Waals surface area contributed by atoms with Gasteiger partial charge in [0.25, 0.3) is 0 Å². The van der Waals surface area contributed by atoms with Crippen molar-refractivity contribution in [1.82, 2.24) is 15.7 Å². The average molecular weight is 385 g/mol. The van der Waals surface area contributed by atoms with E-state index in [2.05, 4.69) is 5.32 Å². The smallest absolute Gasteiger partial charge is 0.326 e. The van der Waals surface area contributed by atoms with Crippen molar-refractivity contribution < 1.29 is 29.5 Å². The third kappa shape index (κ3) is 6.50. The summed E-state index contributed by atoms with van der Waals surface area (Å²) in [6, 6.07) is -1.77. The van der Waals surface area contributed by atoms with Crippen LogP contribution in [0.4, 0.5) is 0 Å². The van der Waals surface area contributed by atoms with Crippen LogP contribution >= 0.6 is 0 Å². The molecule has 154 valence electrons. The van der Waals surface area contributed by atoms with Gasteiger partial charge in [-0.1, -0.05) is 27.7 Å². The molecular formula is C18H31N3O6. The van der Waals surface area contributed by atoms with Crippen LogP contribution in [0.1, 0.15) is 53.4 Å². The third-order valence-electron chi connectivity index (χ3n) is 4.73. The Labute approximate surface area is 159 Å². The lowest BCUT2D eigenvalue weighted by Crippen LogP contribution is -2.53. The first-order valence-corrected chi connectivity index (χ1v) is 9.35. The Morgan fingerprint density at radius 1 is 1.15 bits per heavy atom. The topological polar surface area (TPSA) is 136 Å². The Hall–Kier alpha value is -2.16. The van der Waals surface area contributed by atoms with Crippen LogP contribution in [0.5, 0.6) is 0 Å². The number of carboxylic acids is 1. The van der Waals surface area contributed by atoms with E-state index in [0.29, 0.717) is 25.8 Å². The summed E-state index contributed by atoms with van der Waals surface area (Å²) in [5.41, 5.74) is 1.54. The summed E-state index contributed by atoms with van der Waals surface area (Å²) >= 11 is 0. The molecule has 0 radical (unpaired) electrons. The van der Waals surface area contributed by atoms with Gasteiger partial charge in [0.05, 0.1) is 0 Å². The van der Waals surface area contributed by atoms with E-state index in [1.54, 1.807) is 19.3 Å². The fourth-order valence-electron chi connectivity index (χ4n) is 3.41. The number of nitrogens with one attached hydrogen (secondary N) is 2. The highest BCUT2D eigenvalue weighted by molar-refractivity contribution is 5.92. The lowest BCUT2D eigenvalue weighted by Gasteiger charge is -2.30. The molecule has 3 amide bonds. The van der Waals surface area contributed by atoms with Gasteiger partial charge in [0.15, 0.2) is 0 Å². The summed E-state index contributed by atoms with van der Waals surface area (Å²) in [7, 11) is 0. The van der Waals surface area contributed by atoms with Crippen LogP contribution in [0.3, 0.4) is 0 Å². The molecule has 0 aromatic carbocycles. The first-order chi connectivity index (χ1) is 12.6. The summed E-state index contributed by atoms with van der Waals surface area (Å²) in [4.78, 5) is 49.9.